The van der Waals surface area contributed by atoms with Crippen LogP contribution in [0.1, 0.15) is 23.7 Å². The Kier molecular flexibility index (Phi) is 5.08. The molecule has 0 aliphatic carbocycles. The lowest BCUT2D eigenvalue weighted by Gasteiger charge is -2.40. The molecular formula is C24H23ClN3O2+. The fraction of sp³-hybridized carbons (Fsp3) is 0.208. The molecule has 0 saturated heterocycles. The Morgan fingerprint density at radius 2 is 1.80 bits per heavy atom. The molecular weight excluding hydrogens is 398 g/mol. The predicted octanol–water partition coefficient (Wildman–Crippen LogP) is 4.15. The van der Waals surface area contributed by atoms with Crippen LogP contribution >= 0.6 is 11.6 Å². The Morgan fingerprint density at radius 1 is 1.07 bits per heavy atom. The number of fused-ring (bicyclic) bond motifs is 1. The van der Waals surface area contributed by atoms with E-state index in [0.29, 0.717) is 16.4 Å². The maximum absolute atomic E-state index is 13.7. The van der Waals surface area contributed by atoms with Gasteiger partial charge in [-0.15, -0.1) is 0 Å². The van der Waals surface area contributed by atoms with Gasteiger partial charge in [0.25, 0.3) is 11.8 Å². The molecule has 2 heterocycles. The van der Waals surface area contributed by atoms with E-state index >= 15 is 0 Å². The van der Waals surface area contributed by atoms with Crippen molar-refractivity contribution in [1.29, 1.82) is 0 Å². The van der Waals surface area contributed by atoms with E-state index in [1.54, 1.807) is 36.1 Å². The van der Waals surface area contributed by atoms with Crippen LogP contribution in [0.3, 0.4) is 0 Å². The van der Waals surface area contributed by atoms with Gasteiger partial charge in [0.05, 0.1) is 0 Å². The van der Waals surface area contributed by atoms with Crippen LogP contribution in [-0.4, -0.2) is 11.8 Å². The highest BCUT2D eigenvalue weighted by atomic mass is 35.5. The zero-order valence-corrected chi connectivity index (χ0v) is 17.9. The topological polar surface area (TPSA) is 53.3 Å². The molecule has 0 spiro atoms. The van der Waals surface area contributed by atoms with E-state index in [1.807, 2.05) is 61.0 Å². The summed E-state index contributed by atoms with van der Waals surface area (Å²) < 4.78 is 1.83. The Morgan fingerprint density at radius 3 is 2.50 bits per heavy atom. The smallest absolute Gasteiger partial charge is 0.294 e. The summed E-state index contributed by atoms with van der Waals surface area (Å²) in [5.41, 5.74) is 3.02. The van der Waals surface area contributed by atoms with Crippen LogP contribution in [0.25, 0.3) is 0 Å². The lowest BCUT2D eigenvalue weighted by atomic mass is 9.89. The van der Waals surface area contributed by atoms with Gasteiger partial charge in [0.2, 0.25) is 17.8 Å². The largest absolute Gasteiger partial charge is 0.324 e. The van der Waals surface area contributed by atoms with Gasteiger partial charge in [-0.3, -0.25) is 14.5 Å². The highest BCUT2D eigenvalue weighted by Crippen LogP contribution is 2.36. The third-order valence-electron chi connectivity index (χ3n) is 5.73. The quantitative estimate of drug-likeness (QED) is 0.647. The van der Waals surface area contributed by atoms with Crippen LogP contribution in [0, 0.1) is 13.8 Å². The number of carbonyl (C=O) groups is 2. The Labute approximate surface area is 180 Å². The molecule has 30 heavy (non-hydrogen) atoms. The van der Waals surface area contributed by atoms with Gasteiger partial charge in [-0.25, -0.2) is 0 Å². The fourth-order valence-corrected chi connectivity index (χ4v) is 4.03. The van der Waals surface area contributed by atoms with Crippen LogP contribution in [0.2, 0.25) is 5.02 Å². The molecule has 1 atom stereocenters. The predicted molar refractivity (Wildman–Crippen MR) is 117 cm³/mol. The van der Waals surface area contributed by atoms with Crippen molar-refractivity contribution >= 4 is 34.8 Å². The minimum Gasteiger partial charge on any atom is -0.324 e. The Bertz CT molecular complexity index is 1140. The third kappa shape index (κ3) is 3.35. The minimum atomic E-state index is -1.24. The number of nitrogens with one attached hydrogen (secondary N) is 1. The van der Waals surface area contributed by atoms with E-state index in [0.717, 1.165) is 16.8 Å². The van der Waals surface area contributed by atoms with E-state index in [9.17, 15) is 9.59 Å². The van der Waals surface area contributed by atoms with Crippen LogP contribution in [-0.2, 0) is 21.7 Å². The van der Waals surface area contributed by atoms with Gasteiger partial charge in [-0.2, -0.15) is 4.57 Å². The zero-order valence-electron chi connectivity index (χ0n) is 17.1. The summed E-state index contributed by atoms with van der Waals surface area (Å²) >= 11 is 5.97. The summed E-state index contributed by atoms with van der Waals surface area (Å²) in [6.07, 6.45) is 1.83. The molecule has 152 valence electrons. The number of benzene rings is 2. The molecule has 0 saturated carbocycles. The minimum absolute atomic E-state index is 0.143. The maximum atomic E-state index is 13.7. The molecule has 0 fully saturated rings. The Balaban J connectivity index is 1.85. The van der Waals surface area contributed by atoms with Crippen LogP contribution < -0.4 is 14.8 Å². The lowest BCUT2D eigenvalue weighted by Crippen LogP contribution is -2.67. The van der Waals surface area contributed by atoms with E-state index in [1.165, 1.54) is 0 Å². The van der Waals surface area contributed by atoms with E-state index in [2.05, 4.69) is 5.32 Å². The van der Waals surface area contributed by atoms with Crippen molar-refractivity contribution in [3.05, 3.63) is 88.7 Å². The standard InChI is InChI=1S/C24H22ClN3O2/c1-16-7-12-20(14-17(16)2)28-22(29)15-27-13-5-4-6-21(27)24(28,3)23(30)26-19-10-8-18(25)9-11-19/h4-14H,15H2,1-3H3/p+1/t24-/m0/s1. The SMILES string of the molecule is Cc1ccc(N2C(=O)C[n+]3ccccc3[C@@]2(C)C(=O)Nc2ccc(Cl)cc2)cc1C. The third-order valence-corrected chi connectivity index (χ3v) is 5.99. The highest BCUT2D eigenvalue weighted by Gasteiger charge is 2.54. The summed E-state index contributed by atoms with van der Waals surface area (Å²) in [7, 11) is 0. The maximum Gasteiger partial charge on any atom is 0.294 e. The van der Waals surface area contributed by atoms with Crippen LogP contribution in [0.15, 0.2) is 66.9 Å². The number of anilines is 2. The fourth-order valence-electron chi connectivity index (χ4n) is 3.91. The number of halogens is 1. The zero-order chi connectivity index (χ0) is 21.5. The Hall–Kier alpha value is -3.18. The van der Waals surface area contributed by atoms with E-state index in [-0.39, 0.29) is 18.4 Å². The van der Waals surface area contributed by atoms with Crippen molar-refractivity contribution < 1.29 is 14.2 Å². The molecule has 0 radical (unpaired) electrons. The summed E-state index contributed by atoms with van der Waals surface area (Å²) in [6.45, 7) is 5.99. The number of carbonyl (C=O) groups excluding carboxylic acids is 2. The van der Waals surface area contributed by atoms with Crippen LogP contribution in [0.5, 0.6) is 0 Å². The van der Waals surface area contributed by atoms with Crippen molar-refractivity contribution in [3.8, 4) is 0 Å². The molecule has 2 amide bonds. The number of aryl methyl sites for hydroxylation is 2. The molecule has 3 aromatic rings. The van der Waals surface area contributed by atoms with Gasteiger partial charge in [0, 0.05) is 28.5 Å². The van der Waals surface area contributed by atoms with Crippen molar-refractivity contribution in [3.63, 3.8) is 0 Å². The monoisotopic (exact) mass is 420 g/mol. The van der Waals surface area contributed by atoms with Gasteiger partial charge >= 0.3 is 0 Å². The summed E-state index contributed by atoms with van der Waals surface area (Å²) in [5, 5.41) is 3.55. The van der Waals surface area contributed by atoms with Crippen molar-refractivity contribution in [1.82, 2.24) is 0 Å². The number of hydrogen-bond donors (Lipinski definition) is 1. The molecule has 0 bridgehead atoms. The number of aromatic nitrogens is 1. The number of rotatable bonds is 3. The van der Waals surface area contributed by atoms with E-state index in [4.69, 9.17) is 11.6 Å². The lowest BCUT2D eigenvalue weighted by molar-refractivity contribution is -0.697. The van der Waals surface area contributed by atoms with E-state index < -0.39 is 5.54 Å². The normalized spacial score (nSPS) is 18.1. The number of amides is 2. The van der Waals surface area contributed by atoms with Gasteiger partial charge in [-0.1, -0.05) is 23.7 Å². The van der Waals surface area contributed by atoms with Crippen molar-refractivity contribution in [2.75, 3.05) is 10.2 Å². The number of hydrogen-bond acceptors (Lipinski definition) is 2. The molecule has 6 heteroatoms. The molecule has 1 aromatic heterocycles. The molecule has 2 aromatic carbocycles. The summed E-state index contributed by atoms with van der Waals surface area (Å²) in [5.74, 6) is -0.438. The highest BCUT2D eigenvalue weighted by molar-refractivity contribution is 6.30. The molecule has 4 rings (SSSR count). The van der Waals surface area contributed by atoms with Gasteiger partial charge in [0.1, 0.15) is 0 Å². The molecule has 5 nitrogen and oxygen atoms in total. The van der Waals surface area contributed by atoms with Gasteiger partial charge in [-0.05, 0) is 68.3 Å². The first-order chi connectivity index (χ1) is 14.3. The molecule has 1 aliphatic heterocycles. The average molecular weight is 421 g/mol. The molecule has 1 aliphatic rings. The average Bonchev–Trinajstić information content (AvgIpc) is 2.72. The second kappa shape index (κ2) is 7.58. The first kappa shape index (κ1) is 20.1. The number of pyridine rings is 1. The first-order valence-corrected chi connectivity index (χ1v) is 10.1. The second-order valence-electron chi connectivity index (χ2n) is 7.74. The van der Waals surface area contributed by atoms with Crippen molar-refractivity contribution in [2.24, 2.45) is 0 Å². The first-order valence-electron chi connectivity index (χ1n) is 9.77. The second-order valence-corrected chi connectivity index (χ2v) is 8.18. The van der Waals surface area contributed by atoms with Crippen LogP contribution in [0.4, 0.5) is 11.4 Å². The summed E-state index contributed by atoms with van der Waals surface area (Å²) in [6, 6.07) is 18.4. The number of nitrogens with zero attached hydrogens (tertiary/aromatic N) is 2. The molecule has 1 N–H and O–H groups in total. The molecule has 0 unspecified atom stereocenters. The van der Waals surface area contributed by atoms with Gasteiger partial charge < -0.3 is 5.32 Å². The van der Waals surface area contributed by atoms with Crippen molar-refractivity contribution in [2.45, 2.75) is 32.9 Å². The summed E-state index contributed by atoms with van der Waals surface area (Å²) in [4.78, 5) is 28.6. The van der Waals surface area contributed by atoms with Gasteiger partial charge in [0.15, 0.2) is 6.20 Å².